The van der Waals surface area contributed by atoms with E-state index in [0.29, 0.717) is 23.4 Å². The number of nitrogens with one attached hydrogen (secondary N) is 1. The maximum atomic E-state index is 12.7. The fraction of sp³-hybridized carbons (Fsp3) is 0.143. The molecule has 0 aliphatic rings. The fourth-order valence-corrected chi connectivity index (χ4v) is 2.63. The molecule has 0 aliphatic heterocycles. The first-order chi connectivity index (χ1) is 13.2. The van der Waals surface area contributed by atoms with Crippen molar-refractivity contribution in [2.45, 2.75) is 6.42 Å². The van der Waals surface area contributed by atoms with Gasteiger partial charge in [-0.05, 0) is 48.4 Å². The van der Waals surface area contributed by atoms with E-state index in [1.807, 2.05) is 18.2 Å². The number of benzene rings is 1. The van der Waals surface area contributed by atoms with E-state index >= 15 is 0 Å². The van der Waals surface area contributed by atoms with Crippen molar-refractivity contribution < 1.29 is 4.79 Å². The van der Waals surface area contributed by atoms with Crippen molar-refractivity contribution in [3.63, 3.8) is 0 Å². The third-order valence-corrected chi connectivity index (χ3v) is 4.10. The quantitative estimate of drug-likeness (QED) is 0.731. The Morgan fingerprint density at radius 2 is 1.93 bits per heavy atom. The van der Waals surface area contributed by atoms with Crippen LogP contribution in [0.15, 0.2) is 67.3 Å². The topological polar surface area (TPSA) is 81.9 Å². The third-order valence-electron chi connectivity index (χ3n) is 4.10. The van der Waals surface area contributed by atoms with Gasteiger partial charge in [0.15, 0.2) is 0 Å². The molecular formula is C21H19N5O. The Hall–Kier alpha value is -3.72. The van der Waals surface area contributed by atoms with Gasteiger partial charge < -0.3 is 10.2 Å². The van der Waals surface area contributed by atoms with Crippen molar-refractivity contribution in [3.05, 3.63) is 83.9 Å². The molecule has 0 aliphatic carbocycles. The van der Waals surface area contributed by atoms with E-state index in [1.165, 1.54) is 0 Å². The molecule has 3 aromatic rings. The summed E-state index contributed by atoms with van der Waals surface area (Å²) in [6, 6.07) is 14.9. The maximum Gasteiger partial charge on any atom is 0.255 e. The third kappa shape index (κ3) is 4.89. The monoisotopic (exact) mass is 357 g/mol. The summed E-state index contributed by atoms with van der Waals surface area (Å²) < 4.78 is 0. The van der Waals surface area contributed by atoms with Crippen LogP contribution >= 0.6 is 0 Å². The Kier molecular flexibility index (Phi) is 5.75. The largest absolute Gasteiger partial charge is 0.354 e. The molecule has 27 heavy (non-hydrogen) atoms. The maximum absolute atomic E-state index is 12.7. The van der Waals surface area contributed by atoms with Crippen molar-refractivity contribution in [2.24, 2.45) is 0 Å². The fourth-order valence-electron chi connectivity index (χ4n) is 2.63. The summed E-state index contributed by atoms with van der Waals surface area (Å²) in [5, 5.41) is 12.2. The molecule has 6 heteroatoms. The van der Waals surface area contributed by atoms with Gasteiger partial charge >= 0.3 is 0 Å². The lowest BCUT2D eigenvalue weighted by Crippen LogP contribution is -2.29. The van der Waals surface area contributed by atoms with Gasteiger partial charge in [0.25, 0.3) is 5.91 Å². The molecule has 0 atom stereocenters. The Bertz CT molecular complexity index is 966. The zero-order valence-corrected chi connectivity index (χ0v) is 15.0. The molecular weight excluding hydrogens is 338 g/mol. The van der Waals surface area contributed by atoms with Crippen molar-refractivity contribution in [2.75, 3.05) is 18.9 Å². The highest BCUT2D eigenvalue weighted by Gasteiger charge is 2.13. The normalized spacial score (nSPS) is 10.1. The first-order valence-electron chi connectivity index (χ1n) is 8.52. The van der Waals surface area contributed by atoms with Crippen LogP contribution in [0.3, 0.4) is 0 Å². The number of amides is 1. The summed E-state index contributed by atoms with van der Waals surface area (Å²) in [6.45, 7) is 0.602. The highest BCUT2D eigenvalue weighted by Crippen LogP contribution is 2.18. The minimum absolute atomic E-state index is 0.0917. The van der Waals surface area contributed by atoms with Gasteiger partial charge in [-0.15, -0.1) is 0 Å². The van der Waals surface area contributed by atoms with Gasteiger partial charge in [0, 0.05) is 37.9 Å². The van der Waals surface area contributed by atoms with Crippen LogP contribution in [-0.2, 0) is 6.42 Å². The molecule has 0 radical (unpaired) electrons. The first kappa shape index (κ1) is 18.1. The summed E-state index contributed by atoms with van der Waals surface area (Å²) in [7, 11) is 1.78. The minimum Gasteiger partial charge on any atom is -0.354 e. The number of carbonyl (C=O) groups excluding carboxylic acids is 1. The second-order valence-electron chi connectivity index (χ2n) is 6.11. The molecule has 0 saturated heterocycles. The zero-order valence-electron chi connectivity index (χ0n) is 15.0. The Morgan fingerprint density at radius 3 is 2.70 bits per heavy atom. The van der Waals surface area contributed by atoms with Crippen LogP contribution in [0.1, 0.15) is 21.5 Å². The van der Waals surface area contributed by atoms with Crippen LogP contribution in [0, 0.1) is 11.3 Å². The van der Waals surface area contributed by atoms with E-state index in [1.54, 1.807) is 61.0 Å². The van der Waals surface area contributed by atoms with Gasteiger partial charge in [-0.1, -0.05) is 6.07 Å². The van der Waals surface area contributed by atoms with Gasteiger partial charge in [0.05, 0.1) is 29.1 Å². The van der Waals surface area contributed by atoms with Crippen LogP contribution < -0.4 is 5.32 Å². The summed E-state index contributed by atoms with van der Waals surface area (Å²) in [6.07, 6.45) is 7.46. The number of hydrogen-bond donors (Lipinski definition) is 1. The SMILES string of the molecule is CN(CCc1ccncc1)C(=O)c1cncc(Nc2cccc(C#N)c2)c1. The Balaban J connectivity index is 1.66. The van der Waals surface area contributed by atoms with Crippen molar-refractivity contribution in [3.8, 4) is 6.07 Å². The Labute approximate surface area is 158 Å². The van der Waals surface area contributed by atoms with Gasteiger partial charge in [-0.25, -0.2) is 0 Å². The van der Waals surface area contributed by atoms with E-state index in [0.717, 1.165) is 17.7 Å². The molecule has 2 heterocycles. The van der Waals surface area contributed by atoms with Crippen LogP contribution in [0.2, 0.25) is 0 Å². The molecule has 134 valence electrons. The van der Waals surface area contributed by atoms with Gasteiger partial charge in [0.1, 0.15) is 0 Å². The van der Waals surface area contributed by atoms with Gasteiger partial charge in [-0.2, -0.15) is 5.26 Å². The highest BCUT2D eigenvalue weighted by atomic mass is 16.2. The molecule has 0 saturated carbocycles. The molecule has 1 aromatic carbocycles. The summed E-state index contributed by atoms with van der Waals surface area (Å²) >= 11 is 0. The second-order valence-corrected chi connectivity index (χ2v) is 6.11. The van der Waals surface area contributed by atoms with Crippen molar-refractivity contribution in [1.29, 1.82) is 5.26 Å². The van der Waals surface area contributed by atoms with Crippen molar-refractivity contribution in [1.82, 2.24) is 14.9 Å². The van der Waals surface area contributed by atoms with Crippen LogP contribution in [0.5, 0.6) is 0 Å². The molecule has 1 amide bonds. The lowest BCUT2D eigenvalue weighted by Gasteiger charge is -2.17. The average molecular weight is 357 g/mol. The Morgan fingerprint density at radius 1 is 1.11 bits per heavy atom. The van der Waals surface area contributed by atoms with E-state index in [2.05, 4.69) is 21.4 Å². The van der Waals surface area contributed by atoms with Gasteiger partial charge in [0.2, 0.25) is 0 Å². The number of hydrogen-bond acceptors (Lipinski definition) is 5. The zero-order chi connectivity index (χ0) is 19.1. The lowest BCUT2D eigenvalue weighted by atomic mass is 10.1. The number of aromatic nitrogens is 2. The standard InChI is InChI=1S/C21H19N5O/c1-26(10-7-16-5-8-23-9-6-16)21(27)18-12-20(15-24-14-18)25-19-4-2-3-17(11-19)13-22/h2-6,8-9,11-12,14-15,25H,7,10H2,1H3. The number of likely N-dealkylation sites (N-methyl/N-ethyl adjacent to an activating group) is 1. The van der Waals surface area contributed by atoms with E-state index < -0.39 is 0 Å². The van der Waals surface area contributed by atoms with Crippen LogP contribution in [0.25, 0.3) is 0 Å². The number of rotatable bonds is 6. The van der Waals surface area contributed by atoms with E-state index in [9.17, 15) is 4.79 Å². The molecule has 0 spiro atoms. The molecule has 0 bridgehead atoms. The summed E-state index contributed by atoms with van der Waals surface area (Å²) in [4.78, 5) is 22.5. The number of nitrogens with zero attached hydrogens (tertiary/aromatic N) is 4. The van der Waals surface area contributed by atoms with E-state index in [4.69, 9.17) is 5.26 Å². The van der Waals surface area contributed by atoms with Gasteiger partial charge in [-0.3, -0.25) is 14.8 Å². The molecule has 3 rings (SSSR count). The number of anilines is 2. The number of pyridine rings is 2. The van der Waals surface area contributed by atoms with E-state index in [-0.39, 0.29) is 5.91 Å². The molecule has 2 aromatic heterocycles. The number of carbonyl (C=O) groups is 1. The molecule has 0 fully saturated rings. The molecule has 1 N–H and O–H groups in total. The number of nitriles is 1. The van der Waals surface area contributed by atoms with Crippen molar-refractivity contribution >= 4 is 17.3 Å². The second kappa shape index (κ2) is 8.59. The summed E-state index contributed by atoms with van der Waals surface area (Å²) in [5.41, 5.74) is 3.67. The van der Waals surface area contributed by atoms with Crippen LogP contribution in [0.4, 0.5) is 11.4 Å². The molecule has 6 nitrogen and oxygen atoms in total. The smallest absolute Gasteiger partial charge is 0.255 e. The highest BCUT2D eigenvalue weighted by molar-refractivity contribution is 5.94. The van der Waals surface area contributed by atoms with Crippen LogP contribution in [-0.4, -0.2) is 34.4 Å². The average Bonchev–Trinajstić information content (AvgIpc) is 2.72. The molecule has 0 unspecified atom stereocenters. The lowest BCUT2D eigenvalue weighted by molar-refractivity contribution is 0.0796. The predicted molar refractivity (Wildman–Crippen MR) is 104 cm³/mol. The minimum atomic E-state index is -0.0917. The predicted octanol–water partition coefficient (Wildman–Crippen LogP) is 3.41. The summed E-state index contributed by atoms with van der Waals surface area (Å²) in [5.74, 6) is -0.0917. The first-order valence-corrected chi connectivity index (χ1v) is 8.52.